The first-order chi connectivity index (χ1) is 15.3. The molecule has 8 nitrogen and oxygen atoms in total. The summed E-state index contributed by atoms with van der Waals surface area (Å²) in [6.45, 7) is 1.65. The van der Waals surface area contributed by atoms with Gasteiger partial charge in [-0.25, -0.2) is 0 Å². The molecule has 0 aliphatic carbocycles. The maximum atomic E-state index is 10.4. The van der Waals surface area contributed by atoms with Crippen LogP contribution in [0, 0.1) is 0 Å². The van der Waals surface area contributed by atoms with Crippen LogP contribution in [-0.2, 0) is 16.0 Å². The summed E-state index contributed by atoms with van der Waals surface area (Å²) in [5.74, 6) is 0.695. The molecule has 0 amide bonds. The monoisotopic (exact) mass is 465 g/mol. The molecular formula is C23H28ClNO7. The lowest BCUT2D eigenvalue weighted by Crippen LogP contribution is -2.55. The minimum Gasteiger partial charge on any atom is -0.488 e. The number of rotatable bonds is 8. The Bertz CT molecular complexity index is 919. The molecule has 0 radical (unpaired) electrons. The lowest BCUT2D eigenvalue weighted by molar-refractivity contribution is -0.231. The fraction of sp³-hybridized carbons (Fsp3) is 0.435. The molecule has 1 aliphatic rings. The highest BCUT2D eigenvalue weighted by atomic mass is 35.5. The average Bonchev–Trinajstić information content (AvgIpc) is 2.79. The summed E-state index contributed by atoms with van der Waals surface area (Å²) in [6, 6.07) is 12.7. The quantitative estimate of drug-likeness (QED) is 0.347. The van der Waals surface area contributed by atoms with Crippen molar-refractivity contribution >= 4 is 17.3 Å². The third-order valence-electron chi connectivity index (χ3n) is 5.30. The van der Waals surface area contributed by atoms with E-state index in [1.165, 1.54) is 7.11 Å². The van der Waals surface area contributed by atoms with Crippen molar-refractivity contribution in [3.8, 4) is 5.75 Å². The third-order valence-corrected chi connectivity index (χ3v) is 5.67. The Labute approximate surface area is 191 Å². The number of benzene rings is 2. The fourth-order valence-corrected chi connectivity index (χ4v) is 3.76. The zero-order valence-electron chi connectivity index (χ0n) is 17.9. The molecule has 0 unspecified atom stereocenters. The molecule has 0 aromatic heterocycles. The molecule has 9 heteroatoms. The molecule has 4 N–H and O–H groups in total. The second-order valence-corrected chi connectivity index (χ2v) is 8.13. The molecule has 1 heterocycles. The Balaban J connectivity index is 1.73. The number of aliphatic hydroxyl groups is 4. The van der Waals surface area contributed by atoms with Gasteiger partial charge in [0.05, 0.1) is 12.3 Å². The van der Waals surface area contributed by atoms with Crippen molar-refractivity contribution in [2.24, 2.45) is 5.16 Å². The summed E-state index contributed by atoms with van der Waals surface area (Å²) in [6.07, 6.45) is -5.53. The first kappa shape index (κ1) is 24.4. The van der Waals surface area contributed by atoms with Crippen molar-refractivity contribution in [2.45, 2.75) is 43.9 Å². The normalized spacial score (nSPS) is 26.1. The minimum atomic E-state index is -1.44. The van der Waals surface area contributed by atoms with Gasteiger partial charge in [0.15, 0.2) is 0 Å². The highest BCUT2D eigenvalue weighted by Crippen LogP contribution is 2.34. The van der Waals surface area contributed by atoms with Crippen LogP contribution in [0.25, 0.3) is 0 Å². The molecule has 0 saturated carbocycles. The van der Waals surface area contributed by atoms with Crippen LogP contribution in [0.5, 0.6) is 5.75 Å². The van der Waals surface area contributed by atoms with Crippen molar-refractivity contribution in [3.63, 3.8) is 0 Å². The van der Waals surface area contributed by atoms with E-state index in [1.807, 2.05) is 31.2 Å². The molecule has 1 aliphatic heterocycles. The van der Waals surface area contributed by atoms with Gasteiger partial charge in [0.25, 0.3) is 0 Å². The van der Waals surface area contributed by atoms with E-state index in [4.69, 9.17) is 25.9 Å². The van der Waals surface area contributed by atoms with Gasteiger partial charge >= 0.3 is 0 Å². The van der Waals surface area contributed by atoms with E-state index in [-0.39, 0.29) is 0 Å². The predicted octanol–water partition coefficient (Wildman–Crippen LogP) is 1.85. The Morgan fingerprint density at radius 1 is 1.06 bits per heavy atom. The SMILES string of the molecule is CO/N=C(\C)COc1ccc(Cc2cc([C@@H]3O[C@H](CO)[C@@H](O)[C@H](O)[C@H]3O)ccc2Cl)cc1. The number of aliphatic hydroxyl groups excluding tert-OH is 4. The molecule has 2 aromatic carbocycles. The van der Waals surface area contributed by atoms with Crippen molar-refractivity contribution < 1.29 is 34.7 Å². The second-order valence-electron chi connectivity index (χ2n) is 7.72. The maximum Gasteiger partial charge on any atom is 0.129 e. The fourth-order valence-electron chi connectivity index (χ4n) is 3.58. The maximum absolute atomic E-state index is 10.4. The zero-order chi connectivity index (χ0) is 23.3. The van der Waals surface area contributed by atoms with E-state index in [1.54, 1.807) is 18.2 Å². The smallest absolute Gasteiger partial charge is 0.129 e. The van der Waals surface area contributed by atoms with E-state index in [0.29, 0.717) is 35.1 Å². The average molecular weight is 466 g/mol. The Hall–Kier alpha value is -2.20. The summed E-state index contributed by atoms with van der Waals surface area (Å²) in [4.78, 5) is 4.70. The molecular weight excluding hydrogens is 438 g/mol. The van der Waals surface area contributed by atoms with Crippen molar-refractivity contribution in [1.29, 1.82) is 0 Å². The third kappa shape index (κ3) is 5.78. The number of hydrogen-bond donors (Lipinski definition) is 4. The van der Waals surface area contributed by atoms with Crippen LogP contribution < -0.4 is 4.74 Å². The highest BCUT2D eigenvalue weighted by Gasteiger charge is 2.44. The lowest BCUT2D eigenvalue weighted by Gasteiger charge is -2.40. The van der Waals surface area contributed by atoms with Crippen LogP contribution >= 0.6 is 11.6 Å². The van der Waals surface area contributed by atoms with Gasteiger partial charge in [-0.2, -0.15) is 0 Å². The molecule has 3 rings (SSSR count). The predicted molar refractivity (Wildman–Crippen MR) is 119 cm³/mol. The number of oxime groups is 1. The van der Waals surface area contributed by atoms with Crippen LogP contribution in [0.15, 0.2) is 47.6 Å². The minimum absolute atomic E-state index is 0.320. The zero-order valence-corrected chi connectivity index (χ0v) is 18.6. The van der Waals surface area contributed by atoms with Crippen molar-refractivity contribution in [2.75, 3.05) is 20.3 Å². The van der Waals surface area contributed by atoms with Gasteiger partial charge in [-0.3, -0.25) is 0 Å². The number of halogens is 1. The second kappa shape index (κ2) is 11.1. The summed E-state index contributed by atoms with van der Waals surface area (Å²) in [7, 11) is 1.48. The van der Waals surface area contributed by atoms with Crippen LogP contribution in [0.3, 0.4) is 0 Å². The van der Waals surface area contributed by atoms with Gasteiger partial charge in [0.1, 0.15) is 50.0 Å². The molecule has 5 atom stereocenters. The van der Waals surface area contributed by atoms with Crippen LogP contribution in [0.4, 0.5) is 0 Å². The van der Waals surface area contributed by atoms with Crippen molar-refractivity contribution in [1.82, 2.24) is 0 Å². The number of hydrogen-bond acceptors (Lipinski definition) is 8. The molecule has 174 valence electrons. The van der Waals surface area contributed by atoms with E-state index in [2.05, 4.69) is 5.16 Å². The molecule has 1 fully saturated rings. The van der Waals surface area contributed by atoms with Crippen LogP contribution in [0.1, 0.15) is 29.7 Å². The molecule has 1 saturated heterocycles. The summed E-state index contributed by atoms with van der Waals surface area (Å²) < 4.78 is 11.3. The molecule has 2 aromatic rings. The Morgan fingerprint density at radius 3 is 2.44 bits per heavy atom. The van der Waals surface area contributed by atoms with Gasteiger partial charge in [0, 0.05) is 5.02 Å². The van der Waals surface area contributed by atoms with Gasteiger partial charge in [-0.1, -0.05) is 41.0 Å². The molecule has 0 spiro atoms. The van der Waals surface area contributed by atoms with E-state index in [0.717, 1.165) is 11.1 Å². The van der Waals surface area contributed by atoms with Gasteiger partial charge in [-0.15, -0.1) is 0 Å². The molecule has 32 heavy (non-hydrogen) atoms. The number of ether oxygens (including phenoxy) is 2. The van der Waals surface area contributed by atoms with Crippen LogP contribution in [0.2, 0.25) is 5.02 Å². The summed E-state index contributed by atoms with van der Waals surface area (Å²) >= 11 is 6.39. The van der Waals surface area contributed by atoms with E-state index in [9.17, 15) is 20.4 Å². The molecule has 0 bridgehead atoms. The first-order valence-corrected chi connectivity index (χ1v) is 10.6. The van der Waals surface area contributed by atoms with Crippen LogP contribution in [-0.4, -0.2) is 70.9 Å². The Morgan fingerprint density at radius 2 is 1.78 bits per heavy atom. The van der Waals surface area contributed by atoms with E-state index < -0.39 is 37.1 Å². The van der Waals surface area contributed by atoms with Gasteiger partial charge in [-0.05, 0) is 48.2 Å². The summed E-state index contributed by atoms with van der Waals surface area (Å²) in [5.41, 5.74) is 3.10. The largest absolute Gasteiger partial charge is 0.488 e. The Kier molecular flexibility index (Phi) is 8.47. The summed E-state index contributed by atoms with van der Waals surface area (Å²) in [5, 5.41) is 44.2. The standard InChI is InChI=1S/C23H28ClNO7/c1-13(25-30-2)12-31-17-6-3-14(4-7-17)9-16-10-15(5-8-18(16)24)23-22(29)21(28)20(27)19(11-26)32-23/h3-8,10,19-23,26-29H,9,11-12H2,1-2H3/b25-13+/t19-,20-,21+,22-,23+/m1/s1. The van der Waals surface area contributed by atoms with E-state index >= 15 is 0 Å². The topological polar surface area (TPSA) is 121 Å². The first-order valence-electron chi connectivity index (χ1n) is 10.2. The lowest BCUT2D eigenvalue weighted by atomic mass is 9.90. The van der Waals surface area contributed by atoms with Crippen molar-refractivity contribution in [3.05, 3.63) is 64.2 Å². The number of nitrogens with zero attached hydrogens (tertiary/aromatic N) is 1. The van der Waals surface area contributed by atoms with Gasteiger partial charge < -0.3 is 34.7 Å². The highest BCUT2D eigenvalue weighted by molar-refractivity contribution is 6.31. The van der Waals surface area contributed by atoms with Gasteiger partial charge in [0.2, 0.25) is 0 Å².